The predicted molar refractivity (Wildman–Crippen MR) is 88.0 cm³/mol. The van der Waals surface area contributed by atoms with E-state index >= 15 is 0 Å². The highest BCUT2D eigenvalue weighted by molar-refractivity contribution is 5.30. The number of methoxy groups -OCH3 is 1. The van der Waals surface area contributed by atoms with Crippen LogP contribution in [0.4, 0.5) is 4.39 Å². The van der Waals surface area contributed by atoms with Crippen molar-refractivity contribution in [2.24, 2.45) is 0 Å². The molecular formula is C18H22FN3O. The Morgan fingerprint density at radius 2 is 2.26 bits per heavy atom. The first-order chi connectivity index (χ1) is 11.2. The standard InChI is InChI=1S/C18H22FN3O/c1-23-18-10-14(4-5-17(18)19)9-16-13-22(8-7-21-16)12-15-3-2-6-20-11-15/h2-6,10-11,16,21H,7-9,12-13H2,1H3. The molecule has 3 rings (SSSR count). The van der Waals surface area contributed by atoms with Crippen molar-refractivity contribution < 1.29 is 9.13 Å². The number of piperazine rings is 1. The topological polar surface area (TPSA) is 37.4 Å². The van der Waals surface area contributed by atoms with Gasteiger partial charge in [0.2, 0.25) is 0 Å². The highest BCUT2D eigenvalue weighted by Crippen LogP contribution is 2.20. The van der Waals surface area contributed by atoms with Crippen LogP contribution in [0.2, 0.25) is 0 Å². The first kappa shape index (κ1) is 15.9. The van der Waals surface area contributed by atoms with E-state index in [-0.39, 0.29) is 5.82 Å². The summed E-state index contributed by atoms with van der Waals surface area (Å²) in [5.41, 5.74) is 2.32. The van der Waals surface area contributed by atoms with Gasteiger partial charge < -0.3 is 10.1 Å². The number of benzene rings is 1. The lowest BCUT2D eigenvalue weighted by Crippen LogP contribution is -2.51. The van der Waals surface area contributed by atoms with Crippen molar-refractivity contribution in [2.45, 2.75) is 19.0 Å². The van der Waals surface area contributed by atoms with Gasteiger partial charge >= 0.3 is 0 Å². The number of hydrogen-bond donors (Lipinski definition) is 1. The fraction of sp³-hybridized carbons (Fsp3) is 0.389. The van der Waals surface area contributed by atoms with Crippen molar-refractivity contribution in [2.75, 3.05) is 26.7 Å². The molecule has 2 heterocycles. The Morgan fingerprint density at radius 3 is 3.04 bits per heavy atom. The third-order valence-corrected chi connectivity index (χ3v) is 4.17. The van der Waals surface area contributed by atoms with Gasteiger partial charge in [0.1, 0.15) is 0 Å². The molecule has 0 saturated carbocycles. The molecule has 1 saturated heterocycles. The van der Waals surface area contributed by atoms with Crippen molar-refractivity contribution in [3.8, 4) is 5.75 Å². The average molecular weight is 315 g/mol. The van der Waals surface area contributed by atoms with Crippen LogP contribution in [-0.2, 0) is 13.0 Å². The van der Waals surface area contributed by atoms with E-state index in [1.54, 1.807) is 12.3 Å². The Balaban J connectivity index is 1.60. The van der Waals surface area contributed by atoms with Crippen LogP contribution in [0.5, 0.6) is 5.75 Å². The number of hydrogen-bond acceptors (Lipinski definition) is 4. The highest BCUT2D eigenvalue weighted by Gasteiger charge is 2.20. The van der Waals surface area contributed by atoms with Crippen LogP contribution in [0.15, 0.2) is 42.7 Å². The van der Waals surface area contributed by atoms with E-state index in [1.165, 1.54) is 18.7 Å². The van der Waals surface area contributed by atoms with Crippen molar-refractivity contribution >= 4 is 0 Å². The van der Waals surface area contributed by atoms with Crippen LogP contribution in [0, 0.1) is 5.82 Å². The van der Waals surface area contributed by atoms with E-state index < -0.39 is 0 Å². The number of nitrogens with one attached hydrogen (secondary N) is 1. The molecule has 1 N–H and O–H groups in total. The zero-order valence-electron chi connectivity index (χ0n) is 13.3. The number of pyridine rings is 1. The van der Waals surface area contributed by atoms with E-state index in [4.69, 9.17) is 4.74 Å². The van der Waals surface area contributed by atoms with Crippen LogP contribution >= 0.6 is 0 Å². The first-order valence-corrected chi connectivity index (χ1v) is 7.91. The lowest BCUT2D eigenvalue weighted by atomic mass is 10.0. The second-order valence-electron chi connectivity index (χ2n) is 5.92. The summed E-state index contributed by atoms with van der Waals surface area (Å²) in [6.45, 7) is 3.87. The molecule has 1 fully saturated rings. The van der Waals surface area contributed by atoms with E-state index in [2.05, 4.69) is 21.3 Å². The van der Waals surface area contributed by atoms with Crippen LogP contribution in [0.1, 0.15) is 11.1 Å². The Hall–Kier alpha value is -1.98. The van der Waals surface area contributed by atoms with Crippen molar-refractivity contribution in [1.29, 1.82) is 0 Å². The second kappa shape index (κ2) is 7.53. The quantitative estimate of drug-likeness (QED) is 0.918. The van der Waals surface area contributed by atoms with Gasteiger partial charge in [0.05, 0.1) is 7.11 Å². The molecule has 4 nitrogen and oxygen atoms in total. The minimum Gasteiger partial charge on any atom is -0.494 e. The maximum Gasteiger partial charge on any atom is 0.165 e. The van der Waals surface area contributed by atoms with Crippen molar-refractivity contribution in [3.63, 3.8) is 0 Å². The molecule has 0 bridgehead atoms. The van der Waals surface area contributed by atoms with E-state index in [9.17, 15) is 4.39 Å². The normalized spacial score (nSPS) is 18.8. The van der Waals surface area contributed by atoms with Gasteiger partial charge in [-0.25, -0.2) is 4.39 Å². The van der Waals surface area contributed by atoms with Gasteiger partial charge in [-0.1, -0.05) is 12.1 Å². The Kier molecular flexibility index (Phi) is 5.20. The van der Waals surface area contributed by atoms with Gasteiger partial charge in [0.25, 0.3) is 0 Å². The monoisotopic (exact) mass is 315 g/mol. The zero-order valence-corrected chi connectivity index (χ0v) is 13.3. The fourth-order valence-electron chi connectivity index (χ4n) is 3.04. The van der Waals surface area contributed by atoms with Gasteiger partial charge in [0.15, 0.2) is 11.6 Å². The van der Waals surface area contributed by atoms with Crippen LogP contribution in [-0.4, -0.2) is 42.7 Å². The van der Waals surface area contributed by atoms with Crippen LogP contribution < -0.4 is 10.1 Å². The Morgan fingerprint density at radius 1 is 1.35 bits per heavy atom. The van der Waals surface area contributed by atoms with Gasteiger partial charge in [0, 0.05) is 44.6 Å². The number of rotatable bonds is 5. The molecule has 1 aromatic carbocycles. The smallest absolute Gasteiger partial charge is 0.165 e. The maximum absolute atomic E-state index is 13.5. The summed E-state index contributed by atoms with van der Waals surface area (Å²) in [6, 6.07) is 9.53. The number of ether oxygens (including phenoxy) is 1. The number of nitrogens with zero attached hydrogens (tertiary/aromatic N) is 2. The summed E-state index contributed by atoms with van der Waals surface area (Å²) in [7, 11) is 1.50. The van der Waals surface area contributed by atoms with Gasteiger partial charge in [-0.2, -0.15) is 0 Å². The van der Waals surface area contributed by atoms with E-state index in [1.807, 2.05) is 18.3 Å². The van der Waals surface area contributed by atoms with Crippen LogP contribution in [0.3, 0.4) is 0 Å². The molecule has 1 atom stereocenters. The molecule has 1 aromatic heterocycles. The molecular weight excluding hydrogens is 293 g/mol. The average Bonchev–Trinajstić information content (AvgIpc) is 2.58. The van der Waals surface area contributed by atoms with Crippen molar-refractivity contribution in [3.05, 3.63) is 59.7 Å². The third kappa shape index (κ3) is 4.27. The number of aromatic nitrogens is 1. The molecule has 5 heteroatoms. The predicted octanol–water partition coefficient (Wildman–Crippen LogP) is 2.25. The minimum absolute atomic E-state index is 0.311. The minimum atomic E-state index is -0.314. The lowest BCUT2D eigenvalue weighted by Gasteiger charge is -2.33. The largest absolute Gasteiger partial charge is 0.494 e. The Bertz CT molecular complexity index is 635. The van der Waals surface area contributed by atoms with Crippen LogP contribution in [0.25, 0.3) is 0 Å². The summed E-state index contributed by atoms with van der Waals surface area (Å²) in [5, 5.41) is 3.54. The molecule has 0 radical (unpaired) electrons. The van der Waals surface area contributed by atoms with Gasteiger partial charge in [-0.3, -0.25) is 9.88 Å². The van der Waals surface area contributed by atoms with E-state index in [0.717, 1.165) is 38.2 Å². The summed E-state index contributed by atoms with van der Waals surface area (Å²) >= 11 is 0. The summed E-state index contributed by atoms with van der Waals surface area (Å²) in [4.78, 5) is 6.60. The summed E-state index contributed by atoms with van der Waals surface area (Å²) in [5.74, 6) is -0.00316. The summed E-state index contributed by atoms with van der Waals surface area (Å²) in [6.07, 6.45) is 4.58. The zero-order chi connectivity index (χ0) is 16.1. The molecule has 0 amide bonds. The summed E-state index contributed by atoms with van der Waals surface area (Å²) < 4.78 is 18.6. The van der Waals surface area contributed by atoms with E-state index in [0.29, 0.717) is 11.8 Å². The molecule has 0 aliphatic carbocycles. The van der Waals surface area contributed by atoms with Crippen molar-refractivity contribution in [1.82, 2.24) is 15.2 Å². The number of halogens is 1. The maximum atomic E-state index is 13.5. The molecule has 1 aliphatic heterocycles. The third-order valence-electron chi connectivity index (χ3n) is 4.17. The highest BCUT2D eigenvalue weighted by atomic mass is 19.1. The lowest BCUT2D eigenvalue weighted by molar-refractivity contribution is 0.191. The van der Waals surface area contributed by atoms with Gasteiger partial charge in [-0.15, -0.1) is 0 Å². The Labute approximate surface area is 136 Å². The molecule has 23 heavy (non-hydrogen) atoms. The van der Waals surface area contributed by atoms with Gasteiger partial charge in [-0.05, 0) is 35.7 Å². The molecule has 1 unspecified atom stereocenters. The molecule has 1 aliphatic rings. The fourth-order valence-corrected chi connectivity index (χ4v) is 3.04. The SMILES string of the molecule is COc1cc(CC2CN(Cc3cccnc3)CCN2)ccc1F. The first-order valence-electron chi connectivity index (χ1n) is 7.91. The second-order valence-corrected chi connectivity index (χ2v) is 5.92. The molecule has 122 valence electrons. The molecule has 0 spiro atoms. The molecule has 2 aromatic rings.